The number of aromatic nitrogens is 1. The van der Waals surface area contributed by atoms with Crippen molar-refractivity contribution in [2.45, 2.75) is 68.5 Å². The number of nitrogens with one attached hydrogen (secondary N) is 1. The third-order valence-electron chi connectivity index (χ3n) is 7.97. The molecule has 2 aromatic rings. The van der Waals surface area contributed by atoms with Crippen LogP contribution in [0.15, 0.2) is 23.3 Å². The average Bonchev–Trinajstić information content (AvgIpc) is 3.44. The van der Waals surface area contributed by atoms with Crippen LogP contribution in [-0.2, 0) is 13.5 Å². The number of hydrogen-bond donors (Lipinski definition) is 3. The Kier molecular flexibility index (Phi) is 9.35. The lowest BCUT2D eigenvalue weighted by Gasteiger charge is -2.31. The Labute approximate surface area is 238 Å². The van der Waals surface area contributed by atoms with Crippen LogP contribution in [0.3, 0.4) is 0 Å². The van der Waals surface area contributed by atoms with Crippen molar-refractivity contribution in [2.75, 3.05) is 19.3 Å². The molecule has 11 heteroatoms. The Hall–Kier alpha value is -2.48. The van der Waals surface area contributed by atoms with E-state index in [0.717, 1.165) is 55.1 Å². The molecule has 5 N–H and O–H groups in total. The van der Waals surface area contributed by atoms with Crippen LogP contribution >= 0.6 is 23.4 Å². The molecular formula is C28H37ClF2N6OS. The van der Waals surface area contributed by atoms with Gasteiger partial charge in [-0.3, -0.25) is 4.79 Å². The largest absolute Gasteiger partial charge is 0.347 e. The number of nitrogens with two attached hydrogens (primary N) is 2. The van der Waals surface area contributed by atoms with E-state index < -0.39 is 10.7 Å². The van der Waals surface area contributed by atoms with Gasteiger partial charge in [0.1, 0.15) is 0 Å². The monoisotopic (exact) mass is 578 g/mol. The molecule has 212 valence electrons. The Balaban J connectivity index is 1.43. The van der Waals surface area contributed by atoms with Gasteiger partial charge < -0.3 is 20.7 Å². The lowest BCUT2D eigenvalue weighted by atomic mass is 9.82. The fourth-order valence-electron chi connectivity index (χ4n) is 5.70. The van der Waals surface area contributed by atoms with Crippen molar-refractivity contribution in [2.24, 2.45) is 29.8 Å². The minimum absolute atomic E-state index is 0.0287. The maximum absolute atomic E-state index is 14.0. The summed E-state index contributed by atoms with van der Waals surface area (Å²) in [6.45, 7) is 1.01. The Morgan fingerprint density at radius 2 is 2.03 bits per heavy atom. The molecule has 1 unspecified atom stereocenters. The highest BCUT2D eigenvalue weighted by molar-refractivity contribution is 8.00. The molecule has 0 radical (unpaired) electrons. The quantitative estimate of drug-likeness (QED) is 0.0964. The zero-order valence-corrected chi connectivity index (χ0v) is 24.1. The molecule has 2 fully saturated rings. The van der Waals surface area contributed by atoms with E-state index in [1.165, 1.54) is 0 Å². The van der Waals surface area contributed by atoms with Gasteiger partial charge in [0.25, 0.3) is 11.8 Å². The van der Waals surface area contributed by atoms with E-state index in [-0.39, 0.29) is 24.7 Å². The van der Waals surface area contributed by atoms with Crippen LogP contribution in [0.5, 0.6) is 0 Å². The normalized spacial score (nSPS) is 21.1. The Morgan fingerprint density at radius 1 is 1.28 bits per heavy atom. The molecule has 39 heavy (non-hydrogen) atoms. The van der Waals surface area contributed by atoms with Crippen molar-refractivity contribution in [3.05, 3.63) is 34.5 Å². The number of likely N-dealkylation sites (tertiary alicyclic amines) is 1. The van der Waals surface area contributed by atoms with Crippen LogP contribution in [0.4, 0.5) is 8.78 Å². The van der Waals surface area contributed by atoms with E-state index in [4.69, 9.17) is 23.3 Å². The van der Waals surface area contributed by atoms with Gasteiger partial charge in [0.05, 0.1) is 10.3 Å². The standard InChI is InChI=1S/C28H37ClF2N6OS/c1-36-22-12-11-20(29)15-21(22)24(25(38)37-14-13-27(18-37,39-2)26(34-32)35-33)23(36)10-8-6-4-3-5-7-9-19-16-28(30,31)17-19/h11-12,15,19H,3-6,8,10,13-14,16-18,32-33H2,1-2H3,(H,34,35). The molecule has 1 aliphatic heterocycles. The number of unbranched alkanes of at least 4 members (excludes halogenated alkanes) is 4. The van der Waals surface area contributed by atoms with Crippen molar-refractivity contribution >= 4 is 46.0 Å². The third-order valence-corrected chi connectivity index (χ3v) is 9.51. The lowest BCUT2D eigenvalue weighted by molar-refractivity contribution is -0.0936. The second-order valence-electron chi connectivity index (χ2n) is 10.5. The minimum atomic E-state index is -2.51. The molecule has 2 heterocycles. The second kappa shape index (κ2) is 12.4. The summed E-state index contributed by atoms with van der Waals surface area (Å²) in [5, 5.41) is 5.28. The number of thioether (sulfide) groups is 1. The highest BCUT2D eigenvalue weighted by Gasteiger charge is 2.45. The molecule has 1 aromatic carbocycles. The van der Waals surface area contributed by atoms with Crippen molar-refractivity contribution in [3.63, 3.8) is 0 Å². The van der Waals surface area contributed by atoms with Crippen molar-refractivity contribution in [3.8, 4) is 11.8 Å². The van der Waals surface area contributed by atoms with E-state index in [9.17, 15) is 13.6 Å². The molecule has 1 saturated carbocycles. The summed E-state index contributed by atoms with van der Waals surface area (Å²) < 4.78 is 27.5. The van der Waals surface area contributed by atoms with E-state index in [2.05, 4.69) is 26.9 Å². The van der Waals surface area contributed by atoms with Crippen LogP contribution in [0.2, 0.25) is 5.02 Å². The zero-order chi connectivity index (χ0) is 28.2. The molecule has 1 amide bonds. The molecule has 0 bridgehead atoms. The number of amides is 1. The van der Waals surface area contributed by atoms with Gasteiger partial charge in [0, 0.05) is 66.9 Å². The van der Waals surface area contributed by atoms with Crippen molar-refractivity contribution in [1.29, 1.82) is 0 Å². The van der Waals surface area contributed by atoms with E-state index in [1.807, 2.05) is 36.4 Å². The fourth-order valence-corrected chi connectivity index (χ4v) is 6.75. The Morgan fingerprint density at radius 3 is 2.69 bits per heavy atom. The van der Waals surface area contributed by atoms with E-state index >= 15 is 0 Å². The molecule has 1 atom stereocenters. The molecule has 4 rings (SSSR count). The van der Waals surface area contributed by atoms with Crippen LogP contribution < -0.4 is 17.1 Å². The summed E-state index contributed by atoms with van der Waals surface area (Å²) in [7, 11) is 2.00. The molecular weight excluding hydrogens is 542 g/mol. The highest BCUT2D eigenvalue weighted by Crippen LogP contribution is 2.42. The second-order valence-corrected chi connectivity index (χ2v) is 12.2. The van der Waals surface area contributed by atoms with Gasteiger partial charge in [0.2, 0.25) is 0 Å². The molecule has 1 aromatic heterocycles. The number of hydrazone groups is 1. The topological polar surface area (TPSA) is 102 Å². The number of hydrogen-bond acceptors (Lipinski definition) is 5. The first-order valence-electron chi connectivity index (χ1n) is 13.4. The average molecular weight is 579 g/mol. The minimum Gasteiger partial charge on any atom is -0.347 e. The van der Waals surface area contributed by atoms with Gasteiger partial charge >= 0.3 is 0 Å². The number of amidine groups is 1. The molecule has 1 saturated heterocycles. The van der Waals surface area contributed by atoms with Crippen LogP contribution in [0.1, 0.15) is 67.4 Å². The summed E-state index contributed by atoms with van der Waals surface area (Å²) in [5.41, 5.74) is 5.27. The summed E-state index contributed by atoms with van der Waals surface area (Å²) in [4.78, 5) is 15.9. The molecule has 7 nitrogen and oxygen atoms in total. The summed E-state index contributed by atoms with van der Waals surface area (Å²) >= 11 is 7.94. The van der Waals surface area contributed by atoms with Crippen LogP contribution in [-0.4, -0.2) is 51.2 Å². The smallest absolute Gasteiger partial charge is 0.256 e. The number of alkyl halides is 2. The van der Waals surface area contributed by atoms with Crippen molar-refractivity contribution in [1.82, 2.24) is 14.9 Å². The van der Waals surface area contributed by atoms with E-state index in [0.29, 0.717) is 35.9 Å². The number of hydrazine groups is 1. The highest BCUT2D eigenvalue weighted by atomic mass is 35.5. The first-order valence-corrected chi connectivity index (χ1v) is 15.0. The summed E-state index contributed by atoms with van der Waals surface area (Å²) in [6.07, 6.45) is 7.82. The first kappa shape index (κ1) is 29.5. The van der Waals surface area contributed by atoms with Crippen molar-refractivity contribution < 1.29 is 13.6 Å². The van der Waals surface area contributed by atoms with E-state index in [1.54, 1.807) is 11.8 Å². The number of halogens is 3. The predicted molar refractivity (Wildman–Crippen MR) is 156 cm³/mol. The number of carbonyl (C=O) groups excluding carboxylic acids is 1. The Bertz CT molecular complexity index is 1290. The van der Waals surface area contributed by atoms with Gasteiger partial charge in [-0.1, -0.05) is 30.4 Å². The predicted octanol–water partition coefficient (Wildman–Crippen LogP) is 5.06. The van der Waals surface area contributed by atoms with Gasteiger partial charge in [-0.15, -0.1) is 17.7 Å². The lowest BCUT2D eigenvalue weighted by Crippen LogP contribution is -2.50. The first-order chi connectivity index (χ1) is 18.6. The number of rotatable bonds is 9. The summed E-state index contributed by atoms with van der Waals surface area (Å²) in [6, 6.07) is 5.68. The molecule has 2 aliphatic rings. The molecule has 0 spiro atoms. The number of aryl methyl sites for hydroxylation is 1. The third kappa shape index (κ3) is 6.31. The van der Waals surface area contributed by atoms with Gasteiger partial charge in [-0.05, 0) is 50.1 Å². The number of nitrogens with zero attached hydrogens (tertiary/aromatic N) is 3. The molecule has 1 aliphatic carbocycles. The van der Waals surface area contributed by atoms with Gasteiger partial charge in [-0.25, -0.2) is 14.6 Å². The van der Waals surface area contributed by atoms with Gasteiger partial charge in [-0.2, -0.15) is 5.10 Å². The zero-order valence-electron chi connectivity index (χ0n) is 22.5. The van der Waals surface area contributed by atoms with Crippen LogP contribution in [0, 0.1) is 17.8 Å². The SMILES string of the molecule is CSC1(/C(=N/N)NN)CCN(C(=O)c2c(CCCCCCC#CC3CC(F)(F)C3)n(C)c3ccc(Cl)cc23)C1. The fraction of sp³-hybridized carbons (Fsp3) is 0.571. The number of carbonyl (C=O) groups is 1. The summed E-state index contributed by atoms with van der Waals surface area (Å²) in [5.74, 6) is 15.1. The maximum Gasteiger partial charge on any atom is 0.256 e. The maximum atomic E-state index is 14.0. The number of benzene rings is 1. The number of fused-ring (bicyclic) bond motifs is 1. The van der Waals surface area contributed by atoms with Crippen LogP contribution in [0.25, 0.3) is 10.9 Å². The van der Waals surface area contributed by atoms with Gasteiger partial charge in [0.15, 0.2) is 5.84 Å².